The van der Waals surface area contributed by atoms with Crippen molar-refractivity contribution in [2.24, 2.45) is 16.8 Å². The van der Waals surface area contributed by atoms with Crippen molar-refractivity contribution < 1.29 is 18.0 Å². The summed E-state index contributed by atoms with van der Waals surface area (Å²) in [5.41, 5.74) is 6.58. The van der Waals surface area contributed by atoms with Crippen molar-refractivity contribution in [3.63, 3.8) is 0 Å². The summed E-state index contributed by atoms with van der Waals surface area (Å²) in [6, 6.07) is 9.06. The number of alkyl halides is 3. The summed E-state index contributed by atoms with van der Waals surface area (Å²) in [5, 5.41) is 3.95. The molecule has 0 aromatic heterocycles. The first-order valence-corrected chi connectivity index (χ1v) is 6.46. The fraction of sp³-hybridized carbons (Fsp3) is 0.500. The van der Waals surface area contributed by atoms with Gasteiger partial charge in [-0.05, 0) is 12.0 Å². The van der Waals surface area contributed by atoms with Crippen molar-refractivity contribution in [1.82, 2.24) is 0 Å². The molecule has 112 valence electrons. The SMILES string of the molecule is CC(CCC(F)(F)F)C(=NOCCN)c1ccccc1. The Morgan fingerprint density at radius 1 is 1.30 bits per heavy atom. The van der Waals surface area contributed by atoms with Gasteiger partial charge in [-0.2, -0.15) is 13.2 Å². The van der Waals surface area contributed by atoms with Crippen molar-refractivity contribution >= 4 is 5.71 Å². The Kier molecular flexibility index (Phi) is 6.51. The lowest BCUT2D eigenvalue weighted by Gasteiger charge is -2.15. The number of nitrogens with two attached hydrogens (primary N) is 1. The van der Waals surface area contributed by atoms with E-state index in [0.717, 1.165) is 5.56 Å². The van der Waals surface area contributed by atoms with E-state index >= 15 is 0 Å². The van der Waals surface area contributed by atoms with Crippen LogP contribution in [0.4, 0.5) is 13.2 Å². The van der Waals surface area contributed by atoms with E-state index in [-0.39, 0.29) is 18.9 Å². The first-order valence-electron chi connectivity index (χ1n) is 6.46. The minimum Gasteiger partial charge on any atom is -0.394 e. The second-order valence-corrected chi connectivity index (χ2v) is 4.52. The lowest BCUT2D eigenvalue weighted by molar-refractivity contribution is -0.136. The van der Waals surface area contributed by atoms with Gasteiger partial charge < -0.3 is 10.6 Å². The maximum atomic E-state index is 12.3. The van der Waals surface area contributed by atoms with Gasteiger partial charge in [0, 0.05) is 18.9 Å². The third-order valence-corrected chi connectivity index (χ3v) is 2.77. The molecule has 1 aromatic rings. The number of oxime groups is 1. The van der Waals surface area contributed by atoms with Gasteiger partial charge in [-0.25, -0.2) is 0 Å². The van der Waals surface area contributed by atoms with E-state index in [2.05, 4.69) is 5.16 Å². The van der Waals surface area contributed by atoms with Crippen LogP contribution in [0.15, 0.2) is 35.5 Å². The molecule has 1 unspecified atom stereocenters. The molecule has 0 fully saturated rings. The average molecular weight is 288 g/mol. The van der Waals surface area contributed by atoms with E-state index in [1.165, 1.54) is 0 Å². The van der Waals surface area contributed by atoms with Gasteiger partial charge in [0.1, 0.15) is 6.61 Å². The molecule has 2 N–H and O–H groups in total. The third kappa shape index (κ3) is 6.06. The Balaban J connectivity index is 2.79. The Labute approximate surface area is 116 Å². The zero-order valence-electron chi connectivity index (χ0n) is 11.4. The fourth-order valence-electron chi connectivity index (χ4n) is 1.72. The number of rotatable bonds is 7. The molecule has 6 heteroatoms. The van der Waals surface area contributed by atoms with Crippen LogP contribution in [0.1, 0.15) is 25.3 Å². The normalized spacial score (nSPS) is 14.2. The first kappa shape index (κ1) is 16.5. The van der Waals surface area contributed by atoms with Crippen LogP contribution in [0.2, 0.25) is 0 Å². The van der Waals surface area contributed by atoms with Crippen molar-refractivity contribution in [3.8, 4) is 0 Å². The second kappa shape index (κ2) is 7.89. The standard InChI is InChI=1S/C14H19F3N2O/c1-11(7-8-14(15,16)17)13(19-20-10-9-18)12-5-3-2-4-6-12/h2-6,11H,7-10,18H2,1H3. The van der Waals surface area contributed by atoms with Crippen LogP contribution in [0, 0.1) is 5.92 Å². The molecule has 20 heavy (non-hydrogen) atoms. The van der Waals surface area contributed by atoms with Gasteiger partial charge in [-0.15, -0.1) is 0 Å². The minimum absolute atomic E-state index is 0.0246. The summed E-state index contributed by atoms with van der Waals surface area (Å²) in [4.78, 5) is 5.03. The van der Waals surface area contributed by atoms with E-state index in [1.807, 2.05) is 18.2 Å². The lowest BCUT2D eigenvalue weighted by Crippen LogP contribution is -2.18. The molecule has 0 saturated carbocycles. The average Bonchev–Trinajstić information content (AvgIpc) is 2.41. The van der Waals surface area contributed by atoms with E-state index in [4.69, 9.17) is 10.6 Å². The zero-order chi connectivity index (χ0) is 15.0. The van der Waals surface area contributed by atoms with Crippen molar-refractivity contribution in [1.29, 1.82) is 0 Å². The molecule has 0 amide bonds. The molecule has 0 spiro atoms. The van der Waals surface area contributed by atoms with Crippen molar-refractivity contribution in [3.05, 3.63) is 35.9 Å². The third-order valence-electron chi connectivity index (χ3n) is 2.77. The Morgan fingerprint density at radius 2 is 1.95 bits per heavy atom. The number of hydrogen-bond donors (Lipinski definition) is 1. The monoisotopic (exact) mass is 288 g/mol. The molecule has 0 bridgehead atoms. The minimum atomic E-state index is -4.16. The Morgan fingerprint density at radius 3 is 2.50 bits per heavy atom. The number of benzene rings is 1. The van der Waals surface area contributed by atoms with Crippen molar-refractivity contribution in [2.75, 3.05) is 13.2 Å². The van der Waals surface area contributed by atoms with E-state index in [9.17, 15) is 13.2 Å². The molecule has 0 saturated heterocycles. The summed E-state index contributed by atoms with van der Waals surface area (Å²) in [6.45, 7) is 2.26. The Hall–Kier alpha value is -1.56. The molecular formula is C14H19F3N2O. The van der Waals surface area contributed by atoms with E-state index in [1.54, 1.807) is 19.1 Å². The van der Waals surface area contributed by atoms with Gasteiger partial charge in [0.25, 0.3) is 0 Å². The van der Waals surface area contributed by atoms with Gasteiger partial charge in [0.15, 0.2) is 0 Å². The molecule has 0 radical (unpaired) electrons. The van der Waals surface area contributed by atoms with Crippen LogP contribution in [0.3, 0.4) is 0 Å². The van der Waals surface area contributed by atoms with Gasteiger partial charge in [-0.1, -0.05) is 42.4 Å². The topological polar surface area (TPSA) is 47.6 Å². The molecule has 0 aliphatic heterocycles. The first-order chi connectivity index (χ1) is 9.44. The van der Waals surface area contributed by atoms with Crippen LogP contribution in [0.25, 0.3) is 0 Å². The Bertz CT molecular complexity index is 418. The summed E-state index contributed by atoms with van der Waals surface area (Å²) < 4.78 is 36.9. The molecule has 1 aromatic carbocycles. The smallest absolute Gasteiger partial charge is 0.389 e. The van der Waals surface area contributed by atoms with Crippen LogP contribution >= 0.6 is 0 Å². The van der Waals surface area contributed by atoms with Crippen LogP contribution in [-0.2, 0) is 4.84 Å². The predicted molar refractivity (Wildman–Crippen MR) is 72.4 cm³/mol. The highest BCUT2D eigenvalue weighted by Crippen LogP contribution is 2.25. The predicted octanol–water partition coefficient (Wildman–Crippen LogP) is 3.34. The van der Waals surface area contributed by atoms with Gasteiger partial charge in [-0.3, -0.25) is 0 Å². The summed E-state index contributed by atoms with van der Waals surface area (Å²) >= 11 is 0. The highest BCUT2D eigenvalue weighted by atomic mass is 19.4. The van der Waals surface area contributed by atoms with E-state index < -0.39 is 12.6 Å². The molecule has 0 aliphatic carbocycles. The maximum Gasteiger partial charge on any atom is 0.389 e. The second-order valence-electron chi connectivity index (χ2n) is 4.52. The lowest BCUT2D eigenvalue weighted by atomic mass is 9.94. The number of nitrogens with zero attached hydrogens (tertiary/aromatic N) is 1. The van der Waals surface area contributed by atoms with Gasteiger partial charge in [0.05, 0.1) is 5.71 Å². The molecular weight excluding hydrogens is 269 g/mol. The quantitative estimate of drug-likeness (QED) is 0.475. The molecule has 1 atom stereocenters. The maximum absolute atomic E-state index is 12.3. The van der Waals surface area contributed by atoms with Crippen LogP contribution in [0.5, 0.6) is 0 Å². The van der Waals surface area contributed by atoms with Gasteiger partial charge >= 0.3 is 6.18 Å². The fourth-order valence-corrected chi connectivity index (χ4v) is 1.72. The molecule has 0 aliphatic rings. The van der Waals surface area contributed by atoms with Crippen LogP contribution < -0.4 is 5.73 Å². The zero-order valence-corrected chi connectivity index (χ0v) is 11.4. The largest absolute Gasteiger partial charge is 0.394 e. The molecule has 1 rings (SSSR count). The highest BCUT2D eigenvalue weighted by molar-refractivity contribution is 6.01. The van der Waals surface area contributed by atoms with Crippen molar-refractivity contribution in [2.45, 2.75) is 25.9 Å². The molecule has 0 heterocycles. The summed E-state index contributed by atoms with van der Waals surface area (Å²) in [7, 11) is 0. The van der Waals surface area contributed by atoms with Gasteiger partial charge in [0.2, 0.25) is 0 Å². The number of hydrogen-bond acceptors (Lipinski definition) is 3. The van der Waals surface area contributed by atoms with Crippen LogP contribution in [-0.4, -0.2) is 25.0 Å². The van der Waals surface area contributed by atoms with E-state index in [0.29, 0.717) is 12.3 Å². The summed E-state index contributed by atoms with van der Waals surface area (Å²) in [5.74, 6) is -0.350. The highest BCUT2D eigenvalue weighted by Gasteiger charge is 2.28. The number of halogens is 3. The molecule has 3 nitrogen and oxygen atoms in total. The summed E-state index contributed by atoms with van der Waals surface area (Å²) in [6.07, 6.45) is -5.02.